The van der Waals surface area contributed by atoms with Gasteiger partial charge in [0.1, 0.15) is 0 Å². The quantitative estimate of drug-likeness (QED) is 0.728. The van der Waals surface area contributed by atoms with Crippen LogP contribution in [0.5, 0.6) is 0 Å². The topological polar surface area (TPSA) is 12.9 Å². The highest BCUT2D eigenvalue weighted by Gasteiger charge is 1.99. The van der Waals surface area contributed by atoms with Crippen LogP contribution in [0.3, 0.4) is 0 Å². The highest BCUT2D eigenvalue weighted by molar-refractivity contribution is 9.10. The van der Waals surface area contributed by atoms with Gasteiger partial charge in [-0.05, 0) is 24.3 Å². The molecule has 0 bridgehead atoms. The van der Waals surface area contributed by atoms with E-state index in [0.29, 0.717) is 0 Å². The van der Waals surface area contributed by atoms with Crippen LogP contribution in [0, 0.1) is 0 Å². The van der Waals surface area contributed by atoms with E-state index in [9.17, 15) is 0 Å². The fourth-order valence-electron chi connectivity index (χ4n) is 1.23. The largest absolute Gasteiger partial charge is 0.252 e. The maximum absolute atomic E-state index is 4.48. The summed E-state index contributed by atoms with van der Waals surface area (Å²) in [5, 5.41) is 1.96. The molecule has 0 atom stereocenters. The Kier molecular flexibility index (Phi) is 2.65. The molecule has 1 aromatic carbocycles. The number of fused-ring (bicyclic) bond motifs is 1. The standard InChI is InChI=1S/C10H7Br2N/c11-6-7-4-5-8-9(12)2-1-3-10(8)13-7/h1-5H,6H2. The Morgan fingerprint density at radius 2 is 2.00 bits per heavy atom. The predicted octanol–water partition coefficient (Wildman–Crippen LogP) is 3.89. The van der Waals surface area contributed by atoms with Crippen molar-refractivity contribution >= 4 is 42.8 Å². The smallest absolute Gasteiger partial charge is 0.0717 e. The van der Waals surface area contributed by atoms with E-state index in [-0.39, 0.29) is 0 Å². The number of benzene rings is 1. The van der Waals surface area contributed by atoms with Crippen molar-refractivity contribution in [2.24, 2.45) is 0 Å². The second-order valence-corrected chi connectivity index (χ2v) is 4.16. The van der Waals surface area contributed by atoms with Crippen LogP contribution in [-0.4, -0.2) is 4.98 Å². The first kappa shape index (κ1) is 9.16. The molecule has 3 heteroatoms. The maximum Gasteiger partial charge on any atom is 0.0717 e. The Bertz CT molecular complexity index is 440. The van der Waals surface area contributed by atoms with Crippen LogP contribution >= 0.6 is 31.9 Å². The number of alkyl halides is 1. The van der Waals surface area contributed by atoms with Crippen LogP contribution in [0.2, 0.25) is 0 Å². The van der Waals surface area contributed by atoms with Crippen LogP contribution in [0.25, 0.3) is 10.9 Å². The SMILES string of the molecule is BrCc1ccc2c(Br)cccc2n1. The summed E-state index contributed by atoms with van der Waals surface area (Å²) in [6, 6.07) is 10.2. The highest BCUT2D eigenvalue weighted by atomic mass is 79.9. The minimum Gasteiger partial charge on any atom is -0.252 e. The lowest BCUT2D eigenvalue weighted by atomic mass is 10.2. The third-order valence-electron chi connectivity index (χ3n) is 1.87. The van der Waals surface area contributed by atoms with Gasteiger partial charge in [0, 0.05) is 15.2 Å². The van der Waals surface area contributed by atoms with Gasteiger partial charge in [-0.25, -0.2) is 0 Å². The van der Waals surface area contributed by atoms with Gasteiger partial charge in [0.25, 0.3) is 0 Å². The summed E-state index contributed by atoms with van der Waals surface area (Å²) < 4.78 is 1.10. The summed E-state index contributed by atoms with van der Waals surface area (Å²) in [6.45, 7) is 0. The molecule has 1 heterocycles. The zero-order valence-electron chi connectivity index (χ0n) is 6.80. The number of pyridine rings is 1. The number of rotatable bonds is 1. The van der Waals surface area contributed by atoms with Gasteiger partial charge in [-0.1, -0.05) is 37.9 Å². The van der Waals surface area contributed by atoms with Crippen molar-refractivity contribution in [3.05, 3.63) is 40.5 Å². The van der Waals surface area contributed by atoms with E-state index in [1.54, 1.807) is 0 Å². The first-order valence-corrected chi connectivity index (χ1v) is 5.83. The van der Waals surface area contributed by atoms with Crippen LogP contribution < -0.4 is 0 Å². The third-order valence-corrected chi connectivity index (χ3v) is 3.14. The van der Waals surface area contributed by atoms with Gasteiger partial charge >= 0.3 is 0 Å². The van der Waals surface area contributed by atoms with Gasteiger partial charge < -0.3 is 0 Å². The molecule has 0 saturated carbocycles. The van der Waals surface area contributed by atoms with Crippen molar-refractivity contribution in [1.82, 2.24) is 4.98 Å². The molecule has 2 rings (SSSR count). The molecule has 0 aliphatic carbocycles. The summed E-state index contributed by atoms with van der Waals surface area (Å²) in [4.78, 5) is 4.48. The Morgan fingerprint density at radius 1 is 1.15 bits per heavy atom. The normalized spacial score (nSPS) is 10.6. The van der Waals surface area contributed by atoms with Crippen molar-refractivity contribution in [2.75, 3.05) is 0 Å². The van der Waals surface area contributed by atoms with E-state index >= 15 is 0 Å². The molecule has 1 nitrogen and oxygen atoms in total. The van der Waals surface area contributed by atoms with Crippen molar-refractivity contribution < 1.29 is 0 Å². The first-order valence-electron chi connectivity index (χ1n) is 3.91. The molecule has 0 aliphatic rings. The second-order valence-electron chi connectivity index (χ2n) is 2.74. The Hall–Kier alpha value is -0.410. The molecule has 2 aromatic rings. The number of hydrogen-bond acceptors (Lipinski definition) is 1. The van der Waals surface area contributed by atoms with E-state index in [0.717, 1.165) is 26.4 Å². The molecule has 0 spiro atoms. The van der Waals surface area contributed by atoms with Gasteiger partial charge in [0.05, 0.1) is 11.2 Å². The fourth-order valence-corrected chi connectivity index (χ4v) is 2.03. The average Bonchev–Trinajstić information content (AvgIpc) is 2.18. The number of aromatic nitrogens is 1. The molecule has 13 heavy (non-hydrogen) atoms. The summed E-state index contributed by atoms with van der Waals surface area (Å²) >= 11 is 6.88. The Morgan fingerprint density at radius 3 is 2.77 bits per heavy atom. The molecule has 0 radical (unpaired) electrons. The molecule has 0 aliphatic heterocycles. The zero-order chi connectivity index (χ0) is 9.26. The van der Waals surface area contributed by atoms with Gasteiger partial charge in [-0.2, -0.15) is 0 Å². The van der Waals surface area contributed by atoms with E-state index in [1.165, 1.54) is 0 Å². The highest BCUT2D eigenvalue weighted by Crippen LogP contribution is 2.22. The molecule has 1 aromatic heterocycles. The molecule has 0 N–H and O–H groups in total. The minimum absolute atomic E-state index is 0.801. The molecule has 0 amide bonds. The summed E-state index contributed by atoms with van der Waals surface area (Å²) in [5.41, 5.74) is 2.09. The number of nitrogens with zero attached hydrogens (tertiary/aromatic N) is 1. The third kappa shape index (κ3) is 1.76. The second kappa shape index (κ2) is 3.76. The number of hydrogen-bond donors (Lipinski definition) is 0. The van der Waals surface area contributed by atoms with Gasteiger partial charge in [0.2, 0.25) is 0 Å². The molecular weight excluding hydrogens is 294 g/mol. The van der Waals surface area contributed by atoms with Crippen LogP contribution in [-0.2, 0) is 5.33 Å². The molecule has 66 valence electrons. The predicted molar refractivity (Wildman–Crippen MR) is 62.1 cm³/mol. The van der Waals surface area contributed by atoms with Crippen molar-refractivity contribution in [2.45, 2.75) is 5.33 Å². The molecule has 0 saturated heterocycles. The van der Waals surface area contributed by atoms with E-state index in [2.05, 4.69) is 42.9 Å². The molecule has 0 fully saturated rings. The van der Waals surface area contributed by atoms with E-state index in [1.807, 2.05) is 24.3 Å². The van der Waals surface area contributed by atoms with Crippen molar-refractivity contribution in [1.29, 1.82) is 0 Å². The first-order chi connectivity index (χ1) is 6.31. The zero-order valence-corrected chi connectivity index (χ0v) is 9.97. The lowest BCUT2D eigenvalue weighted by Crippen LogP contribution is -1.85. The monoisotopic (exact) mass is 299 g/mol. The molecular formula is C10H7Br2N. The number of halogens is 2. The van der Waals surface area contributed by atoms with Crippen molar-refractivity contribution in [3.8, 4) is 0 Å². The van der Waals surface area contributed by atoms with Crippen LogP contribution in [0.15, 0.2) is 34.8 Å². The van der Waals surface area contributed by atoms with E-state index in [4.69, 9.17) is 0 Å². The van der Waals surface area contributed by atoms with E-state index < -0.39 is 0 Å². The average molecular weight is 301 g/mol. The maximum atomic E-state index is 4.48. The summed E-state index contributed by atoms with van der Waals surface area (Å²) in [7, 11) is 0. The van der Waals surface area contributed by atoms with Gasteiger partial charge in [0.15, 0.2) is 0 Å². The molecule has 0 unspecified atom stereocenters. The van der Waals surface area contributed by atoms with Gasteiger partial charge in [-0.15, -0.1) is 0 Å². The summed E-state index contributed by atoms with van der Waals surface area (Å²) in [5.74, 6) is 0. The minimum atomic E-state index is 0.801. The van der Waals surface area contributed by atoms with Gasteiger partial charge in [-0.3, -0.25) is 4.98 Å². The Labute approximate surface area is 93.4 Å². The van der Waals surface area contributed by atoms with Crippen LogP contribution in [0.1, 0.15) is 5.69 Å². The lowest BCUT2D eigenvalue weighted by molar-refractivity contribution is 1.23. The lowest BCUT2D eigenvalue weighted by Gasteiger charge is -2.01. The fraction of sp³-hybridized carbons (Fsp3) is 0.100. The van der Waals surface area contributed by atoms with Crippen molar-refractivity contribution in [3.63, 3.8) is 0 Å². The van der Waals surface area contributed by atoms with Crippen LogP contribution in [0.4, 0.5) is 0 Å². The Balaban J connectivity index is 2.72. The summed E-state index contributed by atoms with van der Waals surface area (Å²) in [6.07, 6.45) is 0.